The Morgan fingerprint density at radius 1 is 1.00 bits per heavy atom. The van der Waals surface area contributed by atoms with Gasteiger partial charge in [-0.15, -0.1) is 0 Å². The lowest BCUT2D eigenvalue weighted by Crippen LogP contribution is -2.41. The van der Waals surface area contributed by atoms with Crippen molar-refractivity contribution in [2.45, 2.75) is 12.5 Å². The molecule has 1 aliphatic heterocycles. The highest BCUT2D eigenvalue weighted by molar-refractivity contribution is 6.32. The van der Waals surface area contributed by atoms with Crippen LogP contribution in [0.2, 0.25) is 5.02 Å². The van der Waals surface area contributed by atoms with Crippen molar-refractivity contribution in [3.05, 3.63) is 88.1 Å². The van der Waals surface area contributed by atoms with Crippen LogP contribution in [0.25, 0.3) is 22.0 Å². The average molecular weight is 434 g/mol. The molecule has 2 aromatic carbocycles. The van der Waals surface area contributed by atoms with Crippen LogP contribution in [0.3, 0.4) is 0 Å². The summed E-state index contributed by atoms with van der Waals surface area (Å²) in [5.41, 5.74) is -0.431. The Balaban J connectivity index is 1.81. The highest BCUT2D eigenvalue weighted by atomic mass is 35.5. The van der Waals surface area contributed by atoms with Gasteiger partial charge in [0.05, 0.1) is 6.26 Å². The molecule has 1 fully saturated rings. The molecule has 0 radical (unpaired) electrons. The number of hydrogen-bond donors (Lipinski definition) is 2. The first-order valence-electron chi connectivity index (χ1n) is 9.52. The van der Waals surface area contributed by atoms with Crippen molar-refractivity contribution in [2.75, 3.05) is 4.90 Å². The summed E-state index contributed by atoms with van der Waals surface area (Å²) in [6.07, 6.45) is 1.42. The average Bonchev–Trinajstić information content (AvgIpc) is 3.37. The number of imide groups is 1. The summed E-state index contributed by atoms with van der Waals surface area (Å²) >= 11 is 6.24. The summed E-state index contributed by atoms with van der Waals surface area (Å²) in [5, 5.41) is 3.73. The van der Waals surface area contributed by atoms with Gasteiger partial charge in [-0.2, -0.15) is 0 Å². The van der Waals surface area contributed by atoms with Gasteiger partial charge in [0, 0.05) is 21.5 Å². The zero-order valence-corrected chi connectivity index (χ0v) is 17.1. The molecule has 7 nitrogen and oxygen atoms in total. The number of aromatic amines is 1. The first-order valence-corrected chi connectivity index (χ1v) is 9.89. The van der Waals surface area contributed by atoms with Gasteiger partial charge < -0.3 is 14.7 Å². The number of H-pyrrole nitrogens is 1. The third kappa shape index (κ3) is 2.85. The number of aromatic nitrogens is 1. The SMILES string of the molecule is C[C@@]1(c2ccco2)NC(=O)N(c2c(-c3ccccc3)c3cc(Cl)ccc3[nH]c2=O)C1=O. The standard InChI is InChI=1S/C23H16ClN3O4/c1-23(17-8-5-11-31-17)21(29)27(22(30)26-23)19-18(13-6-3-2-4-7-13)15-12-14(24)9-10-16(15)25-20(19)28/h2-12H,1H3,(H,25,28)(H,26,30)/t23-/m0/s1. The molecule has 1 aliphatic rings. The van der Waals surface area contributed by atoms with Crippen LogP contribution in [-0.4, -0.2) is 16.9 Å². The predicted molar refractivity (Wildman–Crippen MR) is 117 cm³/mol. The molecule has 0 saturated carbocycles. The molecular weight excluding hydrogens is 418 g/mol. The minimum Gasteiger partial charge on any atom is -0.466 e. The van der Waals surface area contributed by atoms with E-state index in [-0.39, 0.29) is 11.4 Å². The number of nitrogens with zero attached hydrogens (tertiary/aromatic N) is 1. The van der Waals surface area contributed by atoms with E-state index in [0.717, 1.165) is 4.90 Å². The summed E-state index contributed by atoms with van der Waals surface area (Å²) in [6, 6.07) is 16.7. The maximum atomic E-state index is 13.5. The lowest BCUT2D eigenvalue weighted by molar-refractivity contribution is -0.122. The van der Waals surface area contributed by atoms with Gasteiger partial charge in [0.25, 0.3) is 11.5 Å². The number of rotatable bonds is 3. The second kappa shape index (κ2) is 6.85. The maximum Gasteiger partial charge on any atom is 0.330 e. The molecule has 0 unspecified atom stereocenters. The van der Waals surface area contributed by atoms with E-state index in [1.54, 1.807) is 37.3 Å². The number of hydrogen-bond acceptors (Lipinski definition) is 4. The van der Waals surface area contributed by atoms with Crippen molar-refractivity contribution < 1.29 is 14.0 Å². The largest absolute Gasteiger partial charge is 0.466 e. The second-order valence-corrected chi connectivity index (χ2v) is 7.84. The highest BCUT2D eigenvalue weighted by Gasteiger charge is 2.53. The molecule has 2 N–H and O–H groups in total. The van der Waals surface area contributed by atoms with Crippen molar-refractivity contribution in [3.63, 3.8) is 0 Å². The van der Waals surface area contributed by atoms with Gasteiger partial charge in [0.2, 0.25) is 0 Å². The number of nitrogens with one attached hydrogen (secondary N) is 2. The van der Waals surface area contributed by atoms with Crippen LogP contribution in [0.5, 0.6) is 0 Å². The van der Waals surface area contributed by atoms with Crippen LogP contribution in [0.4, 0.5) is 10.5 Å². The highest BCUT2D eigenvalue weighted by Crippen LogP contribution is 2.39. The molecule has 1 atom stereocenters. The summed E-state index contributed by atoms with van der Waals surface area (Å²) in [5.74, 6) is -0.341. The smallest absolute Gasteiger partial charge is 0.330 e. The lowest BCUT2D eigenvalue weighted by atomic mass is 9.96. The second-order valence-electron chi connectivity index (χ2n) is 7.41. The summed E-state index contributed by atoms with van der Waals surface area (Å²) in [6.45, 7) is 1.54. The monoisotopic (exact) mass is 433 g/mol. The van der Waals surface area contributed by atoms with Crippen molar-refractivity contribution >= 4 is 40.1 Å². The van der Waals surface area contributed by atoms with E-state index < -0.39 is 23.0 Å². The Morgan fingerprint density at radius 3 is 2.48 bits per heavy atom. The van der Waals surface area contributed by atoms with E-state index >= 15 is 0 Å². The number of pyridine rings is 1. The number of benzene rings is 2. The Labute approximate surface area is 181 Å². The first-order chi connectivity index (χ1) is 14.9. The normalized spacial score (nSPS) is 18.6. The van der Waals surface area contributed by atoms with Crippen LogP contribution < -0.4 is 15.8 Å². The number of fused-ring (bicyclic) bond motifs is 1. The topological polar surface area (TPSA) is 95.4 Å². The van der Waals surface area contributed by atoms with Gasteiger partial charge in [-0.3, -0.25) is 9.59 Å². The number of carbonyl (C=O) groups is 2. The number of furan rings is 1. The summed E-state index contributed by atoms with van der Waals surface area (Å²) in [7, 11) is 0. The molecule has 4 aromatic rings. The first kappa shape index (κ1) is 19.1. The quantitative estimate of drug-likeness (QED) is 0.468. The van der Waals surface area contributed by atoms with Gasteiger partial charge >= 0.3 is 6.03 Å². The Bertz CT molecular complexity index is 1400. The van der Waals surface area contributed by atoms with E-state index in [1.807, 2.05) is 30.3 Å². The number of halogens is 1. The molecule has 154 valence electrons. The molecule has 8 heteroatoms. The minimum absolute atomic E-state index is 0.0706. The van der Waals surface area contributed by atoms with Gasteiger partial charge in [-0.1, -0.05) is 41.9 Å². The molecule has 5 rings (SSSR count). The zero-order chi connectivity index (χ0) is 21.8. The molecule has 2 aromatic heterocycles. The Morgan fingerprint density at radius 2 is 1.77 bits per heavy atom. The molecule has 0 bridgehead atoms. The van der Waals surface area contributed by atoms with Gasteiger partial charge in [-0.05, 0) is 42.8 Å². The van der Waals surface area contributed by atoms with Crippen LogP contribution in [-0.2, 0) is 10.3 Å². The van der Waals surface area contributed by atoms with Gasteiger partial charge in [0.15, 0.2) is 5.54 Å². The van der Waals surface area contributed by atoms with Gasteiger partial charge in [-0.25, -0.2) is 9.69 Å². The van der Waals surface area contributed by atoms with Crippen LogP contribution in [0.15, 0.2) is 76.1 Å². The molecule has 0 spiro atoms. The Hall–Kier alpha value is -3.84. The summed E-state index contributed by atoms with van der Waals surface area (Å²) in [4.78, 5) is 43.3. The van der Waals surface area contributed by atoms with E-state index in [4.69, 9.17) is 16.0 Å². The Kier molecular flexibility index (Phi) is 4.23. The fraction of sp³-hybridized carbons (Fsp3) is 0.0870. The summed E-state index contributed by atoms with van der Waals surface area (Å²) < 4.78 is 5.39. The fourth-order valence-corrected chi connectivity index (χ4v) is 4.11. The van der Waals surface area contributed by atoms with Crippen molar-refractivity contribution in [3.8, 4) is 11.1 Å². The number of urea groups is 1. The van der Waals surface area contributed by atoms with E-state index in [1.165, 1.54) is 6.26 Å². The van der Waals surface area contributed by atoms with Crippen molar-refractivity contribution in [2.24, 2.45) is 0 Å². The predicted octanol–water partition coefficient (Wildman–Crippen LogP) is 4.41. The van der Waals surface area contributed by atoms with E-state index in [0.29, 0.717) is 27.1 Å². The number of carbonyl (C=O) groups excluding carboxylic acids is 2. The van der Waals surface area contributed by atoms with Gasteiger partial charge in [0.1, 0.15) is 11.4 Å². The lowest BCUT2D eigenvalue weighted by Gasteiger charge is -2.21. The van der Waals surface area contributed by atoms with Crippen LogP contribution >= 0.6 is 11.6 Å². The maximum absolute atomic E-state index is 13.5. The van der Waals surface area contributed by atoms with E-state index in [2.05, 4.69) is 10.3 Å². The minimum atomic E-state index is -1.44. The van der Waals surface area contributed by atoms with Crippen LogP contribution in [0.1, 0.15) is 12.7 Å². The third-order valence-corrected chi connectivity index (χ3v) is 5.68. The van der Waals surface area contributed by atoms with E-state index in [9.17, 15) is 14.4 Å². The fourth-order valence-electron chi connectivity index (χ4n) is 3.94. The third-order valence-electron chi connectivity index (χ3n) is 5.44. The molecule has 0 aliphatic carbocycles. The molecular formula is C23H16ClN3O4. The molecule has 3 amide bonds. The van der Waals surface area contributed by atoms with Crippen molar-refractivity contribution in [1.82, 2.24) is 10.3 Å². The van der Waals surface area contributed by atoms with Crippen LogP contribution in [0, 0.1) is 0 Å². The number of amides is 3. The van der Waals surface area contributed by atoms with Crippen molar-refractivity contribution in [1.29, 1.82) is 0 Å². The molecule has 3 heterocycles. The molecule has 1 saturated heterocycles. The number of anilines is 1. The zero-order valence-electron chi connectivity index (χ0n) is 16.3. The molecule has 31 heavy (non-hydrogen) atoms.